The second-order valence-corrected chi connectivity index (χ2v) is 15.9. The number of Topliss-reactive ketones (excluding diaryl/α,β-unsaturated/α-hetero) is 1. The quantitative estimate of drug-likeness (QED) is 0.278. The Morgan fingerprint density at radius 2 is 1.65 bits per heavy atom. The van der Waals surface area contributed by atoms with E-state index in [0.717, 1.165) is 32.1 Å². The van der Waals surface area contributed by atoms with E-state index in [2.05, 4.69) is 44.1 Å². The third-order valence-electron chi connectivity index (χ3n) is 12.5. The molecule has 0 bridgehead atoms. The molecule has 0 amide bonds. The van der Waals surface area contributed by atoms with Crippen molar-refractivity contribution in [3.8, 4) is 0 Å². The molecule has 0 aromatic rings. The van der Waals surface area contributed by atoms with Crippen molar-refractivity contribution in [1.82, 2.24) is 4.90 Å². The number of fused-ring (bicyclic) bond motifs is 5. The first-order chi connectivity index (χ1) is 23.4. The lowest BCUT2D eigenvalue weighted by Gasteiger charge is -2.40. The Hall–Kier alpha value is -1.70. The third-order valence-corrected chi connectivity index (χ3v) is 12.5. The van der Waals surface area contributed by atoms with Gasteiger partial charge in [-0.15, -0.1) is 0 Å². The molecule has 17 atom stereocenters. The molecule has 276 valence electrons. The number of cyclic esters (lactones) is 1. The Kier molecular flexibility index (Phi) is 11.7. The van der Waals surface area contributed by atoms with Gasteiger partial charge in [-0.3, -0.25) is 9.59 Å². The maximum absolute atomic E-state index is 14.5. The van der Waals surface area contributed by atoms with Gasteiger partial charge >= 0.3 is 5.97 Å². The van der Waals surface area contributed by atoms with Crippen molar-refractivity contribution in [2.45, 2.75) is 153 Å². The lowest BCUT2D eigenvalue weighted by molar-refractivity contribution is -0.303. The number of carbonyl (C=O) groups is 2. The van der Waals surface area contributed by atoms with E-state index in [1.165, 1.54) is 0 Å². The van der Waals surface area contributed by atoms with Crippen molar-refractivity contribution in [2.24, 2.45) is 35.5 Å². The first kappa shape index (κ1) is 37.1. The van der Waals surface area contributed by atoms with Gasteiger partial charge in [-0.2, -0.15) is 0 Å². The smallest absolute Gasteiger partial charge is 0.306 e. The summed E-state index contributed by atoms with van der Waals surface area (Å²) in [6.45, 7) is 7.75. The molecule has 0 radical (unpaired) electrons. The van der Waals surface area contributed by atoms with Crippen LogP contribution in [0.4, 0.5) is 0 Å². The van der Waals surface area contributed by atoms with Crippen LogP contribution in [0.15, 0.2) is 23.8 Å². The highest BCUT2D eigenvalue weighted by Crippen LogP contribution is 2.54. The number of esters is 1. The fourth-order valence-corrected chi connectivity index (χ4v) is 9.60. The molecule has 8 unspecified atom stereocenters. The first-order valence-corrected chi connectivity index (χ1v) is 18.8. The van der Waals surface area contributed by atoms with Gasteiger partial charge in [0.1, 0.15) is 24.4 Å². The van der Waals surface area contributed by atoms with Gasteiger partial charge in [-0.05, 0) is 109 Å². The Labute approximate surface area is 291 Å². The van der Waals surface area contributed by atoms with Crippen LogP contribution in [0.1, 0.15) is 85.5 Å². The van der Waals surface area contributed by atoms with Crippen LogP contribution in [0.3, 0.4) is 0 Å². The number of likely N-dealkylation sites (N-methyl/N-ethyl adjacent to an activating group) is 1. The summed E-state index contributed by atoms with van der Waals surface area (Å²) in [6.07, 6.45) is 6.09. The van der Waals surface area contributed by atoms with Crippen LogP contribution >= 0.6 is 0 Å². The predicted molar refractivity (Wildman–Crippen MR) is 180 cm³/mol. The van der Waals surface area contributed by atoms with Gasteiger partial charge in [0, 0.05) is 17.9 Å². The van der Waals surface area contributed by atoms with Crippen LogP contribution in [0.25, 0.3) is 0 Å². The zero-order valence-corrected chi connectivity index (χ0v) is 30.1. The molecule has 0 spiro atoms. The molecule has 3 aliphatic heterocycles. The summed E-state index contributed by atoms with van der Waals surface area (Å²) in [5.41, 5.74) is 0.707. The Morgan fingerprint density at radius 1 is 0.878 bits per heavy atom. The fourth-order valence-electron chi connectivity index (χ4n) is 9.60. The van der Waals surface area contributed by atoms with Gasteiger partial charge in [0.15, 0.2) is 18.4 Å². The van der Waals surface area contributed by atoms with Crippen LogP contribution in [0.2, 0.25) is 0 Å². The summed E-state index contributed by atoms with van der Waals surface area (Å²) in [6, 6.07) is 0.323. The van der Waals surface area contributed by atoms with E-state index in [0.29, 0.717) is 30.9 Å². The van der Waals surface area contributed by atoms with E-state index in [1.54, 1.807) is 6.92 Å². The first-order valence-electron chi connectivity index (χ1n) is 18.8. The topological polar surface area (TPSA) is 144 Å². The molecule has 3 heterocycles. The van der Waals surface area contributed by atoms with Crippen LogP contribution in [-0.4, -0.2) is 114 Å². The van der Waals surface area contributed by atoms with Crippen LogP contribution in [-0.2, 0) is 33.3 Å². The van der Waals surface area contributed by atoms with E-state index in [4.69, 9.17) is 23.7 Å². The molecule has 11 nitrogen and oxygen atoms in total. The Bertz CT molecular complexity index is 1240. The molecule has 11 heteroatoms. The monoisotopic (exact) mass is 689 g/mol. The molecule has 3 saturated heterocycles. The maximum atomic E-state index is 14.5. The fraction of sp³-hybridized carbons (Fsp3) is 0.842. The van der Waals surface area contributed by atoms with Gasteiger partial charge < -0.3 is 43.9 Å². The highest BCUT2D eigenvalue weighted by Gasteiger charge is 2.52. The number of carbonyl (C=O) groups excluding carboxylic acids is 2. The molecule has 6 aliphatic rings. The minimum atomic E-state index is -1.36. The zero-order valence-electron chi connectivity index (χ0n) is 30.1. The minimum absolute atomic E-state index is 0.0138. The molecular weight excluding hydrogens is 630 g/mol. The number of allylic oxidation sites excluding steroid dienone is 4. The van der Waals surface area contributed by atoms with E-state index < -0.39 is 36.6 Å². The summed E-state index contributed by atoms with van der Waals surface area (Å²) in [7, 11) is 4.14. The van der Waals surface area contributed by atoms with Gasteiger partial charge in [-0.25, -0.2) is 0 Å². The number of aliphatic hydroxyl groups excluding tert-OH is 3. The Balaban J connectivity index is 1.21. The largest absolute Gasteiger partial charge is 0.462 e. The summed E-state index contributed by atoms with van der Waals surface area (Å²) < 4.78 is 31.0. The predicted octanol–water partition coefficient (Wildman–Crippen LogP) is 3.53. The average Bonchev–Trinajstić information content (AvgIpc) is 3.64. The molecule has 49 heavy (non-hydrogen) atoms. The van der Waals surface area contributed by atoms with Gasteiger partial charge in [0.25, 0.3) is 0 Å². The van der Waals surface area contributed by atoms with Crippen LogP contribution in [0.5, 0.6) is 0 Å². The van der Waals surface area contributed by atoms with E-state index in [-0.39, 0.29) is 78.5 Å². The number of hydrogen-bond donors (Lipinski definition) is 3. The molecular formula is C38H59NO10. The van der Waals surface area contributed by atoms with Crippen molar-refractivity contribution in [3.63, 3.8) is 0 Å². The lowest BCUT2D eigenvalue weighted by Crippen LogP contribution is -2.57. The molecule has 0 aromatic carbocycles. The number of hydrogen-bond acceptors (Lipinski definition) is 11. The minimum Gasteiger partial charge on any atom is -0.462 e. The molecule has 3 aliphatic carbocycles. The Morgan fingerprint density at radius 3 is 2.37 bits per heavy atom. The highest BCUT2D eigenvalue weighted by atomic mass is 16.7. The van der Waals surface area contributed by atoms with E-state index in [1.807, 2.05) is 13.8 Å². The summed E-state index contributed by atoms with van der Waals surface area (Å²) in [5.74, 6) is -0.476. The maximum Gasteiger partial charge on any atom is 0.306 e. The number of ether oxygens (including phenoxy) is 5. The van der Waals surface area contributed by atoms with Crippen molar-refractivity contribution in [1.29, 1.82) is 0 Å². The number of ketones is 1. The SMILES string of the molecule is CC[C@H]1CCCC(OC2CC[C@@H](N(C)C)[C@@H](C)O2)[C@@H](C)C(=O)C2=CC3C(C=CC4CC(O[C@@H]5O[C@H](C)[C@@H](O)[C@H](O)[C@@H]5O)CC43)C2CC(=O)O1. The summed E-state index contributed by atoms with van der Waals surface area (Å²) in [5, 5.41) is 31.0. The van der Waals surface area contributed by atoms with Crippen molar-refractivity contribution >= 4 is 11.8 Å². The average molecular weight is 690 g/mol. The molecule has 3 N–H and O–H groups in total. The second-order valence-electron chi connectivity index (χ2n) is 15.9. The normalized spacial score (nSPS) is 47.8. The van der Waals surface area contributed by atoms with Crippen molar-refractivity contribution in [3.05, 3.63) is 23.8 Å². The van der Waals surface area contributed by atoms with Crippen molar-refractivity contribution < 1.29 is 48.6 Å². The van der Waals surface area contributed by atoms with Crippen LogP contribution in [0, 0.1) is 35.5 Å². The molecule has 1 saturated carbocycles. The number of aliphatic hydroxyl groups is 3. The van der Waals surface area contributed by atoms with Crippen molar-refractivity contribution in [2.75, 3.05) is 14.1 Å². The number of rotatable bonds is 6. The third kappa shape index (κ3) is 7.75. The zero-order chi connectivity index (χ0) is 35.1. The summed E-state index contributed by atoms with van der Waals surface area (Å²) in [4.78, 5) is 30.1. The number of nitrogens with zero attached hydrogens (tertiary/aromatic N) is 1. The molecule has 0 aromatic heterocycles. The van der Waals surface area contributed by atoms with Gasteiger partial charge in [0.05, 0.1) is 30.8 Å². The molecule has 4 fully saturated rings. The van der Waals surface area contributed by atoms with Gasteiger partial charge in [-0.1, -0.05) is 32.1 Å². The standard InChI is InChI=1S/C38H59NO10/c1-7-23-9-8-10-31(49-33-14-13-30(39(5)6)20(3)45-33)19(2)34(41)29-17-27-25(28(29)18-32(40)47-23)12-11-22-15-24(16-26(22)27)48-38-37(44)36(43)35(42)21(4)46-38/h11-12,17,19-28,30-31,33,35-38,42-44H,7-10,13-16,18H2,1-6H3/t19-,20-,21-,22?,23+,24?,25?,26?,27?,28?,30-,31?,33?,35-,36+,37+,38+/m1/s1. The van der Waals surface area contributed by atoms with E-state index >= 15 is 0 Å². The van der Waals surface area contributed by atoms with Crippen LogP contribution < -0.4 is 0 Å². The summed E-state index contributed by atoms with van der Waals surface area (Å²) >= 11 is 0. The highest BCUT2D eigenvalue weighted by molar-refractivity contribution is 5.99. The molecule has 6 rings (SSSR count). The second kappa shape index (κ2) is 15.5. The lowest BCUT2D eigenvalue weighted by atomic mass is 9.70. The van der Waals surface area contributed by atoms with E-state index in [9.17, 15) is 24.9 Å². The van der Waals surface area contributed by atoms with Gasteiger partial charge in [0.2, 0.25) is 0 Å².